The summed E-state index contributed by atoms with van der Waals surface area (Å²) in [6.07, 6.45) is 9.96. The maximum absolute atomic E-state index is 4.65. The molecule has 0 amide bonds. The van der Waals surface area contributed by atoms with Crippen LogP contribution in [0.25, 0.3) is 0 Å². The number of halogens is 1. The zero-order chi connectivity index (χ0) is 11.9. The van der Waals surface area contributed by atoms with Crippen molar-refractivity contribution in [3.8, 4) is 0 Å². The SMILES string of the molecule is BrCCCCNCc1ccn(C2CCCC2)n1. The molecule has 1 aromatic rings. The van der Waals surface area contributed by atoms with E-state index >= 15 is 0 Å². The van der Waals surface area contributed by atoms with Gasteiger partial charge in [-0.15, -0.1) is 0 Å². The van der Waals surface area contributed by atoms with Gasteiger partial charge in [-0.05, 0) is 38.3 Å². The van der Waals surface area contributed by atoms with Crippen LogP contribution in [0.4, 0.5) is 0 Å². The van der Waals surface area contributed by atoms with E-state index in [9.17, 15) is 0 Å². The quantitative estimate of drug-likeness (QED) is 0.619. The Kier molecular flexibility index (Phi) is 5.52. The lowest BCUT2D eigenvalue weighted by Crippen LogP contribution is -2.15. The molecule has 0 saturated heterocycles. The lowest BCUT2D eigenvalue weighted by molar-refractivity contribution is 0.460. The molecule has 4 heteroatoms. The minimum Gasteiger partial charge on any atom is -0.311 e. The van der Waals surface area contributed by atoms with Gasteiger partial charge in [-0.1, -0.05) is 28.8 Å². The molecule has 17 heavy (non-hydrogen) atoms. The van der Waals surface area contributed by atoms with Gasteiger partial charge in [-0.3, -0.25) is 4.68 Å². The Hall–Kier alpha value is -0.350. The predicted molar refractivity (Wildman–Crippen MR) is 74.5 cm³/mol. The van der Waals surface area contributed by atoms with Crippen LogP contribution in [-0.4, -0.2) is 21.7 Å². The first-order valence-electron chi connectivity index (χ1n) is 6.71. The fourth-order valence-electron chi connectivity index (χ4n) is 2.40. The van der Waals surface area contributed by atoms with Gasteiger partial charge in [0.2, 0.25) is 0 Å². The molecule has 1 aliphatic rings. The number of hydrogen-bond donors (Lipinski definition) is 1. The van der Waals surface area contributed by atoms with Crippen LogP contribution in [0, 0.1) is 0 Å². The van der Waals surface area contributed by atoms with E-state index in [0.717, 1.165) is 18.4 Å². The first-order chi connectivity index (χ1) is 8.40. The lowest BCUT2D eigenvalue weighted by atomic mass is 10.3. The second-order valence-corrected chi connectivity index (χ2v) is 5.59. The summed E-state index contributed by atoms with van der Waals surface area (Å²) in [5.41, 5.74) is 1.18. The maximum Gasteiger partial charge on any atom is 0.0762 e. The monoisotopic (exact) mass is 299 g/mol. The summed E-state index contributed by atoms with van der Waals surface area (Å²) in [7, 11) is 0. The molecular formula is C13H22BrN3. The third-order valence-electron chi connectivity index (χ3n) is 3.41. The molecule has 1 saturated carbocycles. The molecular weight excluding hydrogens is 278 g/mol. The van der Waals surface area contributed by atoms with Crippen LogP contribution in [0.15, 0.2) is 12.3 Å². The number of aromatic nitrogens is 2. The summed E-state index contributed by atoms with van der Waals surface area (Å²) in [4.78, 5) is 0. The van der Waals surface area contributed by atoms with Crippen LogP contribution in [0.1, 0.15) is 50.3 Å². The molecule has 0 unspecified atom stereocenters. The van der Waals surface area contributed by atoms with Gasteiger partial charge >= 0.3 is 0 Å². The zero-order valence-corrected chi connectivity index (χ0v) is 12.0. The second kappa shape index (κ2) is 7.17. The van der Waals surface area contributed by atoms with Crippen molar-refractivity contribution in [1.82, 2.24) is 15.1 Å². The normalized spacial score (nSPS) is 16.8. The standard InChI is InChI=1S/C13H22BrN3/c14-8-3-4-9-15-11-12-7-10-17(16-12)13-5-1-2-6-13/h7,10,13,15H,1-6,8-9,11H2. The molecule has 1 aliphatic carbocycles. The van der Waals surface area contributed by atoms with Gasteiger partial charge in [0.1, 0.15) is 0 Å². The van der Waals surface area contributed by atoms with Crippen LogP contribution in [0.5, 0.6) is 0 Å². The van der Waals surface area contributed by atoms with E-state index in [1.807, 2.05) is 0 Å². The van der Waals surface area contributed by atoms with E-state index < -0.39 is 0 Å². The third kappa shape index (κ3) is 4.11. The fourth-order valence-corrected chi connectivity index (χ4v) is 2.80. The van der Waals surface area contributed by atoms with Gasteiger partial charge in [-0.2, -0.15) is 5.10 Å². The van der Waals surface area contributed by atoms with E-state index in [0.29, 0.717) is 6.04 Å². The van der Waals surface area contributed by atoms with Crippen molar-refractivity contribution < 1.29 is 0 Å². The largest absolute Gasteiger partial charge is 0.311 e. The Morgan fingerprint density at radius 3 is 2.94 bits per heavy atom. The molecule has 0 aromatic carbocycles. The molecule has 1 heterocycles. The highest BCUT2D eigenvalue weighted by atomic mass is 79.9. The highest BCUT2D eigenvalue weighted by Crippen LogP contribution is 2.28. The summed E-state index contributed by atoms with van der Waals surface area (Å²) in [6.45, 7) is 1.99. The van der Waals surface area contributed by atoms with E-state index in [-0.39, 0.29) is 0 Å². The van der Waals surface area contributed by atoms with Crippen molar-refractivity contribution in [2.45, 2.75) is 51.1 Å². The van der Waals surface area contributed by atoms with Crippen molar-refractivity contribution in [2.75, 3.05) is 11.9 Å². The molecule has 3 nitrogen and oxygen atoms in total. The highest BCUT2D eigenvalue weighted by molar-refractivity contribution is 9.09. The smallest absolute Gasteiger partial charge is 0.0762 e. The average molecular weight is 300 g/mol. The zero-order valence-electron chi connectivity index (χ0n) is 10.4. The number of alkyl halides is 1. The number of unbranched alkanes of at least 4 members (excludes halogenated alkanes) is 1. The van der Waals surface area contributed by atoms with Crippen molar-refractivity contribution in [2.24, 2.45) is 0 Å². The third-order valence-corrected chi connectivity index (χ3v) is 3.97. The van der Waals surface area contributed by atoms with Crippen LogP contribution in [0.2, 0.25) is 0 Å². The molecule has 0 bridgehead atoms. The van der Waals surface area contributed by atoms with Crippen molar-refractivity contribution >= 4 is 15.9 Å². The van der Waals surface area contributed by atoms with Crippen LogP contribution in [0.3, 0.4) is 0 Å². The van der Waals surface area contributed by atoms with Crippen molar-refractivity contribution in [3.63, 3.8) is 0 Å². The van der Waals surface area contributed by atoms with Crippen LogP contribution >= 0.6 is 15.9 Å². The molecule has 0 radical (unpaired) electrons. The Morgan fingerprint density at radius 2 is 2.18 bits per heavy atom. The van der Waals surface area contributed by atoms with E-state index in [2.05, 4.69) is 43.3 Å². The van der Waals surface area contributed by atoms with Gasteiger partial charge in [0.05, 0.1) is 11.7 Å². The van der Waals surface area contributed by atoms with Crippen LogP contribution in [-0.2, 0) is 6.54 Å². The number of hydrogen-bond acceptors (Lipinski definition) is 2. The Balaban J connectivity index is 1.70. The summed E-state index contributed by atoms with van der Waals surface area (Å²) in [5, 5.41) is 9.20. The van der Waals surface area contributed by atoms with Crippen molar-refractivity contribution in [1.29, 1.82) is 0 Å². The number of nitrogens with one attached hydrogen (secondary N) is 1. The second-order valence-electron chi connectivity index (χ2n) is 4.80. The van der Waals surface area contributed by atoms with Crippen LogP contribution < -0.4 is 5.32 Å². The van der Waals surface area contributed by atoms with Crippen molar-refractivity contribution in [3.05, 3.63) is 18.0 Å². The number of rotatable bonds is 7. The molecule has 0 atom stereocenters. The Bertz CT molecular complexity index is 318. The molecule has 0 aliphatic heterocycles. The van der Waals surface area contributed by atoms with E-state index in [1.165, 1.54) is 44.2 Å². The minimum absolute atomic E-state index is 0.664. The fraction of sp³-hybridized carbons (Fsp3) is 0.769. The average Bonchev–Trinajstić information content (AvgIpc) is 2.99. The highest BCUT2D eigenvalue weighted by Gasteiger charge is 2.17. The Morgan fingerprint density at radius 1 is 1.35 bits per heavy atom. The van der Waals surface area contributed by atoms with Gasteiger partial charge in [0.25, 0.3) is 0 Å². The predicted octanol–water partition coefficient (Wildman–Crippen LogP) is 3.26. The first-order valence-corrected chi connectivity index (χ1v) is 7.83. The summed E-state index contributed by atoms with van der Waals surface area (Å²) >= 11 is 3.44. The van der Waals surface area contributed by atoms with Gasteiger partial charge in [-0.25, -0.2) is 0 Å². The molecule has 96 valence electrons. The van der Waals surface area contributed by atoms with E-state index in [4.69, 9.17) is 0 Å². The topological polar surface area (TPSA) is 29.9 Å². The van der Waals surface area contributed by atoms with Gasteiger partial charge in [0, 0.05) is 18.1 Å². The maximum atomic E-state index is 4.65. The molecule has 1 aromatic heterocycles. The molecule has 0 spiro atoms. The Labute approximate surface area is 112 Å². The number of nitrogens with zero attached hydrogens (tertiary/aromatic N) is 2. The summed E-state index contributed by atoms with van der Waals surface area (Å²) in [5.74, 6) is 0. The lowest BCUT2D eigenvalue weighted by Gasteiger charge is -2.08. The molecule has 2 rings (SSSR count). The summed E-state index contributed by atoms with van der Waals surface area (Å²) < 4.78 is 2.17. The first kappa shape index (κ1) is 13.1. The summed E-state index contributed by atoms with van der Waals surface area (Å²) in [6, 6.07) is 2.81. The van der Waals surface area contributed by atoms with Gasteiger partial charge in [0.15, 0.2) is 0 Å². The van der Waals surface area contributed by atoms with Gasteiger partial charge < -0.3 is 5.32 Å². The molecule has 1 N–H and O–H groups in total. The van der Waals surface area contributed by atoms with E-state index in [1.54, 1.807) is 0 Å². The molecule has 1 fully saturated rings. The minimum atomic E-state index is 0.664.